The van der Waals surface area contributed by atoms with Crippen molar-refractivity contribution in [3.05, 3.63) is 0 Å². The van der Waals surface area contributed by atoms with Crippen LogP contribution >= 0.6 is 24.0 Å². The van der Waals surface area contributed by atoms with Gasteiger partial charge in [-0.05, 0) is 25.6 Å². The lowest BCUT2D eigenvalue weighted by atomic mass is 10.2. The average molecular weight is 232 g/mol. The Morgan fingerprint density at radius 2 is 2.29 bits per heavy atom. The van der Waals surface area contributed by atoms with Crippen LogP contribution in [0.2, 0.25) is 0 Å². The molecule has 1 aliphatic heterocycles. The molecule has 0 aromatic heterocycles. The van der Waals surface area contributed by atoms with E-state index in [4.69, 9.17) is 12.2 Å². The van der Waals surface area contributed by atoms with E-state index in [-0.39, 0.29) is 0 Å². The van der Waals surface area contributed by atoms with Crippen molar-refractivity contribution >= 4 is 29.1 Å². The van der Waals surface area contributed by atoms with Gasteiger partial charge in [-0.15, -0.1) is 0 Å². The summed E-state index contributed by atoms with van der Waals surface area (Å²) in [6.07, 6.45) is 1.13. The van der Waals surface area contributed by atoms with Crippen LogP contribution in [0.25, 0.3) is 0 Å². The van der Waals surface area contributed by atoms with Crippen molar-refractivity contribution in [1.29, 1.82) is 0 Å². The van der Waals surface area contributed by atoms with E-state index in [9.17, 15) is 0 Å². The monoisotopic (exact) mass is 232 g/mol. The minimum Gasteiger partial charge on any atom is -0.363 e. The molecule has 2 unspecified atom stereocenters. The van der Waals surface area contributed by atoms with E-state index in [1.54, 1.807) is 0 Å². The van der Waals surface area contributed by atoms with Gasteiger partial charge >= 0.3 is 0 Å². The van der Waals surface area contributed by atoms with Gasteiger partial charge in [0.2, 0.25) is 0 Å². The lowest BCUT2D eigenvalue weighted by Gasteiger charge is -2.39. The van der Waals surface area contributed by atoms with E-state index in [0.717, 1.165) is 24.6 Å². The Balaban J connectivity index is 2.44. The molecule has 0 bridgehead atoms. The maximum absolute atomic E-state index is 5.38. The molecule has 0 spiro atoms. The number of hydrogen-bond donors (Lipinski definition) is 1. The van der Waals surface area contributed by atoms with Crippen LogP contribution in [0.15, 0.2) is 0 Å². The summed E-state index contributed by atoms with van der Waals surface area (Å²) in [5, 5.41) is 4.92. The highest BCUT2D eigenvalue weighted by Crippen LogP contribution is 2.23. The van der Waals surface area contributed by atoms with Crippen molar-refractivity contribution in [2.24, 2.45) is 0 Å². The summed E-state index contributed by atoms with van der Waals surface area (Å²) in [5.41, 5.74) is 0. The van der Waals surface area contributed by atoms with Crippen LogP contribution in [0.5, 0.6) is 0 Å². The molecule has 1 N–H and O–H groups in total. The minimum atomic E-state index is 0.561. The number of thioether (sulfide) groups is 1. The van der Waals surface area contributed by atoms with E-state index in [1.807, 2.05) is 11.8 Å². The topological polar surface area (TPSA) is 15.3 Å². The highest BCUT2D eigenvalue weighted by Gasteiger charge is 2.26. The first kappa shape index (κ1) is 12.1. The van der Waals surface area contributed by atoms with E-state index in [2.05, 4.69) is 31.0 Å². The second-order valence-electron chi connectivity index (χ2n) is 3.74. The minimum absolute atomic E-state index is 0.561. The number of thiocarbonyl (C=S) groups is 1. The molecule has 0 aromatic carbocycles. The van der Waals surface area contributed by atoms with Crippen molar-refractivity contribution in [1.82, 2.24) is 10.2 Å². The fraction of sp³-hybridized carbons (Fsp3) is 0.900. The molecule has 0 saturated carbocycles. The molecule has 1 heterocycles. The third kappa shape index (κ3) is 3.02. The first-order valence-electron chi connectivity index (χ1n) is 5.33. The fourth-order valence-electron chi connectivity index (χ4n) is 1.55. The first-order chi connectivity index (χ1) is 6.66. The zero-order valence-corrected chi connectivity index (χ0v) is 10.9. The van der Waals surface area contributed by atoms with Gasteiger partial charge in [-0.2, -0.15) is 11.8 Å². The van der Waals surface area contributed by atoms with Crippen LogP contribution in [0.4, 0.5) is 0 Å². The summed E-state index contributed by atoms with van der Waals surface area (Å²) >= 11 is 7.42. The number of hydrogen-bond acceptors (Lipinski definition) is 2. The Hall–Kier alpha value is 0.0400. The van der Waals surface area contributed by atoms with Crippen molar-refractivity contribution in [2.75, 3.05) is 18.8 Å². The quantitative estimate of drug-likeness (QED) is 0.733. The number of nitrogens with zero attached hydrogens (tertiary/aromatic N) is 1. The zero-order chi connectivity index (χ0) is 10.6. The summed E-state index contributed by atoms with van der Waals surface area (Å²) in [7, 11) is 0. The number of nitrogens with one attached hydrogen (secondary N) is 1. The molecule has 14 heavy (non-hydrogen) atoms. The molecule has 1 rings (SSSR count). The largest absolute Gasteiger partial charge is 0.363 e. The molecule has 0 aromatic rings. The van der Waals surface area contributed by atoms with Crippen LogP contribution in [-0.4, -0.2) is 40.1 Å². The van der Waals surface area contributed by atoms with Crippen molar-refractivity contribution < 1.29 is 0 Å². The summed E-state index contributed by atoms with van der Waals surface area (Å²) in [4.78, 5) is 2.33. The van der Waals surface area contributed by atoms with Gasteiger partial charge in [0.25, 0.3) is 0 Å². The maximum atomic E-state index is 5.38. The van der Waals surface area contributed by atoms with Crippen LogP contribution in [0, 0.1) is 0 Å². The summed E-state index contributed by atoms with van der Waals surface area (Å²) in [6.45, 7) is 8.78. The molecular formula is C10H20N2S2. The van der Waals surface area contributed by atoms with Crippen molar-refractivity contribution in [3.8, 4) is 0 Å². The zero-order valence-electron chi connectivity index (χ0n) is 9.25. The normalized spacial score (nSPS) is 27.5. The average Bonchev–Trinajstić information content (AvgIpc) is 2.18. The molecule has 2 atom stereocenters. The van der Waals surface area contributed by atoms with Gasteiger partial charge in [0, 0.05) is 30.1 Å². The standard InChI is InChI=1S/C10H20N2S2/c1-4-5-11-10(13)12-6-7-14-9(3)8(12)2/h8-9H,4-7H2,1-3H3,(H,11,13). The Kier molecular flexibility index (Phi) is 5.02. The Bertz CT molecular complexity index is 197. The van der Waals surface area contributed by atoms with Crippen LogP contribution in [0.3, 0.4) is 0 Å². The third-order valence-corrected chi connectivity index (χ3v) is 4.39. The Morgan fingerprint density at radius 3 is 2.93 bits per heavy atom. The van der Waals surface area contributed by atoms with Gasteiger partial charge in [-0.3, -0.25) is 0 Å². The highest BCUT2D eigenvalue weighted by atomic mass is 32.2. The van der Waals surface area contributed by atoms with E-state index in [1.165, 1.54) is 5.75 Å². The predicted octanol–water partition coefficient (Wildman–Crippen LogP) is 2.10. The van der Waals surface area contributed by atoms with Gasteiger partial charge in [0.15, 0.2) is 5.11 Å². The fourth-order valence-corrected chi connectivity index (χ4v) is 3.01. The van der Waals surface area contributed by atoms with Gasteiger partial charge in [0.05, 0.1) is 0 Å². The van der Waals surface area contributed by atoms with Gasteiger partial charge in [-0.1, -0.05) is 13.8 Å². The molecule has 82 valence electrons. The summed E-state index contributed by atoms with van der Waals surface area (Å²) < 4.78 is 0. The Morgan fingerprint density at radius 1 is 1.57 bits per heavy atom. The maximum Gasteiger partial charge on any atom is 0.169 e. The predicted molar refractivity (Wildman–Crippen MR) is 69.0 cm³/mol. The molecular weight excluding hydrogens is 212 g/mol. The second-order valence-corrected chi connectivity index (χ2v) is 5.61. The van der Waals surface area contributed by atoms with Gasteiger partial charge in [0.1, 0.15) is 0 Å². The SMILES string of the molecule is CCCNC(=S)N1CCSC(C)C1C. The lowest BCUT2D eigenvalue weighted by Crippen LogP contribution is -2.51. The van der Waals surface area contributed by atoms with E-state index < -0.39 is 0 Å². The van der Waals surface area contributed by atoms with Crippen molar-refractivity contribution in [2.45, 2.75) is 38.5 Å². The van der Waals surface area contributed by atoms with Crippen LogP contribution in [-0.2, 0) is 0 Å². The first-order valence-corrected chi connectivity index (χ1v) is 6.78. The molecule has 1 aliphatic rings. The molecule has 1 fully saturated rings. The van der Waals surface area contributed by atoms with Crippen molar-refractivity contribution in [3.63, 3.8) is 0 Å². The second kappa shape index (κ2) is 5.81. The van der Waals surface area contributed by atoms with Gasteiger partial charge in [-0.25, -0.2) is 0 Å². The molecule has 0 amide bonds. The number of rotatable bonds is 2. The lowest BCUT2D eigenvalue weighted by molar-refractivity contribution is 0.330. The van der Waals surface area contributed by atoms with Crippen LogP contribution < -0.4 is 5.32 Å². The highest BCUT2D eigenvalue weighted by molar-refractivity contribution is 8.00. The molecule has 0 radical (unpaired) electrons. The third-order valence-electron chi connectivity index (χ3n) is 2.67. The van der Waals surface area contributed by atoms with E-state index in [0.29, 0.717) is 11.3 Å². The molecule has 2 nitrogen and oxygen atoms in total. The van der Waals surface area contributed by atoms with Gasteiger partial charge < -0.3 is 10.2 Å². The molecule has 0 aliphatic carbocycles. The smallest absolute Gasteiger partial charge is 0.169 e. The Labute approximate surface area is 96.8 Å². The summed E-state index contributed by atoms with van der Waals surface area (Å²) in [5.74, 6) is 1.19. The molecule has 1 saturated heterocycles. The van der Waals surface area contributed by atoms with E-state index >= 15 is 0 Å². The molecule has 4 heteroatoms. The van der Waals surface area contributed by atoms with Crippen LogP contribution in [0.1, 0.15) is 27.2 Å². The summed E-state index contributed by atoms with van der Waals surface area (Å²) in [6, 6.07) is 0.561.